The smallest absolute Gasteiger partial charge is 0.248 e. The highest BCUT2D eigenvalue weighted by atomic mass is 32.2. The lowest BCUT2D eigenvalue weighted by molar-refractivity contribution is -0.111. The maximum Gasteiger partial charge on any atom is 0.248 e. The molecule has 0 radical (unpaired) electrons. The second-order valence-corrected chi connectivity index (χ2v) is 9.38. The fraction of sp³-hybridized carbons (Fsp3) is 0.143. The first-order chi connectivity index (χ1) is 13.8. The van der Waals surface area contributed by atoms with Gasteiger partial charge in [0.05, 0.1) is 15.6 Å². The van der Waals surface area contributed by atoms with Crippen LogP contribution in [0.4, 0.5) is 5.69 Å². The number of carbonyl (C=O) groups is 1. The van der Waals surface area contributed by atoms with E-state index in [4.69, 9.17) is 4.74 Å². The van der Waals surface area contributed by atoms with Crippen LogP contribution in [-0.2, 0) is 21.2 Å². The second kappa shape index (κ2) is 9.02. The summed E-state index contributed by atoms with van der Waals surface area (Å²) in [5.41, 5.74) is 2.01. The molecule has 6 nitrogen and oxygen atoms in total. The standard InChI is InChI=1S/C21H20N2O4S2/c1-15-22-18(14-28-15)13-27-20-9-4-3-6-16(20)10-11-21(24)23-17-7-5-8-19(12-17)29(2,25)26/h3-12,14H,13H2,1-2H3,(H,23,24)/b11-10+. The molecule has 0 aliphatic heterocycles. The predicted octanol–water partition coefficient (Wildman–Crippen LogP) is 4.09. The molecule has 29 heavy (non-hydrogen) atoms. The molecule has 1 N–H and O–H groups in total. The van der Waals surface area contributed by atoms with Crippen LogP contribution in [0.5, 0.6) is 5.75 Å². The Morgan fingerprint density at radius 3 is 2.72 bits per heavy atom. The maximum absolute atomic E-state index is 12.2. The Morgan fingerprint density at radius 2 is 2.00 bits per heavy atom. The van der Waals surface area contributed by atoms with Crippen molar-refractivity contribution in [3.05, 3.63) is 76.3 Å². The predicted molar refractivity (Wildman–Crippen MR) is 115 cm³/mol. The molecule has 1 heterocycles. The largest absolute Gasteiger partial charge is 0.487 e. The third-order valence-electron chi connectivity index (χ3n) is 3.91. The van der Waals surface area contributed by atoms with Crippen LogP contribution in [0.1, 0.15) is 16.3 Å². The van der Waals surface area contributed by atoms with Gasteiger partial charge in [-0.15, -0.1) is 11.3 Å². The lowest BCUT2D eigenvalue weighted by atomic mass is 10.2. The first-order valence-electron chi connectivity index (χ1n) is 8.73. The molecule has 1 amide bonds. The number of anilines is 1. The summed E-state index contributed by atoms with van der Waals surface area (Å²) in [7, 11) is -3.34. The number of sulfone groups is 1. The number of carbonyl (C=O) groups excluding carboxylic acids is 1. The van der Waals surface area contributed by atoms with E-state index in [0.29, 0.717) is 18.0 Å². The molecule has 150 valence electrons. The van der Waals surface area contributed by atoms with E-state index < -0.39 is 9.84 Å². The fourth-order valence-electron chi connectivity index (χ4n) is 2.53. The van der Waals surface area contributed by atoms with Gasteiger partial charge in [0, 0.05) is 29.0 Å². The van der Waals surface area contributed by atoms with E-state index in [9.17, 15) is 13.2 Å². The topological polar surface area (TPSA) is 85.4 Å². The van der Waals surface area contributed by atoms with Crippen molar-refractivity contribution in [2.75, 3.05) is 11.6 Å². The molecule has 0 aliphatic rings. The number of nitrogens with one attached hydrogen (secondary N) is 1. The summed E-state index contributed by atoms with van der Waals surface area (Å²) in [5.74, 6) is 0.266. The van der Waals surface area contributed by atoms with Crippen molar-refractivity contribution in [1.82, 2.24) is 4.98 Å². The third kappa shape index (κ3) is 6.00. The summed E-state index contributed by atoms with van der Waals surface area (Å²) in [6.45, 7) is 2.29. The molecule has 2 aromatic carbocycles. The second-order valence-electron chi connectivity index (χ2n) is 6.31. The number of benzene rings is 2. The van der Waals surface area contributed by atoms with Crippen LogP contribution >= 0.6 is 11.3 Å². The van der Waals surface area contributed by atoms with Crippen molar-refractivity contribution in [1.29, 1.82) is 0 Å². The van der Waals surface area contributed by atoms with Gasteiger partial charge >= 0.3 is 0 Å². The minimum Gasteiger partial charge on any atom is -0.487 e. The maximum atomic E-state index is 12.2. The summed E-state index contributed by atoms with van der Waals surface area (Å²) in [5, 5.41) is 5.60. The SMILES string of the molecule is Cc1nc(COc2ccccc2/C=C/C(=O)Nc2cccc(S(C)(=O)=O)c2)cs1. The van der Waals surface area contributed by atoms with Crippen LogP contribution in [0.15, 0.2) is 64.9 Å². The lowest BCUT2D eigenvalue weighted by Crippen LogP contribution is -2.08. The van der Waals surface area contributed by atoms with E-state index in [-0.39, 0.29) is 10.8 Å². The summed E-state index contributed by atoms with van der Waals surface area (Å²) in [6.07, 6.45) is 4.15. The van der Waals surface area contributed by atoms with Crippen molar-refractivity contribution in [2.24, 2.45) is 0 Å². The quantitative estimate of drug-likeness (QED) is 0.573. The number of thiazole rings is 1. The molecule has 3 rings (SSSR count). The van der Waals surface area contributed by atoms with Crippen LogP contribution in [0.2, 0.25) is 0 Å². The molecule has 0 aliphatic carbocycles. The summed E-state index contributed by atoms with van der Waals surface area (Å²) >= 11 is 1.57. The number of ether oxygens (including phenoxy) is 1. The van der Waals surface area contributed by atoms with E-state index in [1.807, 2.05) is 36.6 Å². The highest BCUT2D eigenvalue weighted by molar-refractivity contribution is 7.90. The van der Waals surface area contributed by atoms with Crippen molar-refractivity contribution < 1.29 is 17.9 Å². The lowest BCUT2D eigenvalue weighted by Gasteiger charge is -2.08. The Hall–Kier alpha value is -2.97. The highest BCUT2D eigenvalue weighted by Gasteiger charge is 2.08. The number of hydrogen-bond acceptors (Lipinski definition) is 6. The van der Waals surface area contributed by atoms with Gasteiger partial charge in [0.2, 0.25) is 5.91 Å². The molecule has 0 saturated heterocycles. The number of para-hydroxylation sites is 1. The van der Waals surface area contributed by atoms with Gasteiger partial charge in [-0.3, -0.25) is 4.79 Å². The average Bonchev–Trinajstić information content (AvgIpc) is 3.10. The summed E-state index contributed by atoms with van der Waals surface area (Å²) < 4.78 is 29.1. The van der Waals surface area contributed by atoms with Crippen LogP contribution in [0.3, 0.4) is 0 Å². The van der Waals surface area contributed by atoms with Gasteiger partial charge in [0.15, 0.2) is 9.84 Å². The van der Waals surface area contributed by atoms with Gasteiger partial charge in [-0.25, -0.2) is 13.4 Å². The number of aryl methyl sites for hydroxylation is 1. The van der Waals surface area contributed by atoms with Crippen molar-refractivity contribution in [3.63, 3.8) is 0 Å². The molecular weight excluding hydrogens is 408 g/mol. The zero-order chi connectivity index (χ0) is 20.9. The molecule has 3 aromatic rings. The molecule has 8 heteroatoms. The fourth-order valence-corrected chi connectivity index (χ4v) is 3.79. The number of nitrogens with zero attached hydrogens (tertiary/aromatic N) is 1. The Kier molecular flexibility index (Phi) is 6.46. The van der Waals surface area contributed by atoms with Crippen molar-refractivity contribution in [3.8, 4) is 5.75 Å². The molecular formula is C21H20N2O4S2. The molecule has 0 spiro atoms. The highest BCUT2D eigenvalue weighted by Crippen LogP contribution is 2.21. The minimum absolute atomic E-state index is 0.148. The molecule has 0 saturated carbocycles. The van der Waals surface area contributed by atoms with Crippen LogP contribution < -0.4 is 10.1 Å². The van der Waals surface area contributed by atoms with Crippen LogP contribution in [0, 0.1) is 6.92 Å². The number of amides is 1. The van der Waals surface area contributed by atoms with E-state index in [1.54, 1.807) is 29.5 Å². The third-order valence-corrected chi connectivity index (χ3v) is 5.84. The Balaban J connectivity index is 1.67. The van der Waals surface area contributed by atoms with Gasteiger partial charge in [-0.1, -0.05) is 24.3 Å². The number of hydrogen-bond donors (Lipinski definition) is 1. The Labute approximate surface area is 173 Å². The molecule has 0 unspecified atom stereocenters. The van der Waals surface area contributed by atoms with E-state index in [1.165, 1.54) is 18.2 Å². The van der Waals surface area contributed by atoms with Gasteiger partial charge < -0.3 is 10.1 Å². The van der Waals surface area contributed by atoms with E-state index >= 15 is 0 Å². The van der Waals surface area contributed by atoms with E-state index in [0.717, 1.165) is 22.5 Å². The van der Waals surface area contributed by atoms with Gasteiger partial charge in [-0.2, -0.15) is 0 Å². The minimum atomic E-state index is -3.34. The molecule has 0 fully saturated rings. The number of aromatic nitrogens is 1. The van der Waals surface area contributed by atoms with Gasteiger partial charge in [0.25, 0.3) is 0 Å². The van der Waals surface area contributed by atoms with E-state index in [2.05, 4.69) is 10.3 Å². The number of rotatable bonds is 7. The molecule has 0 bridgehead atoms. The normalized spacial score (nSPS) is 11.5. The van der Waals surface area contributed by atoms with Crippen LogP contribution in [-0.4, -0.2) is 25.6 Å². The summed E-state index contributed by atoms with van der Waals surface area (Å²) in [4.78, 5) is 16.8. The Bertz CT molecular complexity index is 1150. The first kappa shape index (κ1) is 20.8. The van der Waals surface area contributed by atoms with Crippen molar-refractivity contribution in [2.45, 2.75) is 18.4 Å². The first-order valence-corrected chi connectivity index (χ1v) is 11.5. The molecule has 1 aromatic heterocycles. The monoisotopic (exact) mass is 428 g/mol. The Morgan fingerprint density at radius 1 is 1.21 bits per heavy atom. The zero-order valence-corrected chi connectivity index (χ0v) is 17.6. The average molecular weight is 429 g/mol. The zero-order valence-electron chi connectivity index (χ0n) is 16.0. The summed E-state index contributed by atoms with van der Waals surface area (Å²) in [6, 6.07) is 13.5. The van der Waals surface area contributed by atoms with Crippen LogP contribution in [0.25, 0.3) is 6.08 Å². The van der Waals surface area contributed by atoms with Gasteiger partial charge in [-0.05, 0) is 37.3 Å². The van der Waals surface area contributed by atoms with Gasteiger partial charge in [0.1, 0.15) is 12.4 Å². The molecule has 0 atom stereocenters. The van der Waals surface area contributed by atoms with Crippen molar-refractivity contribution >= 4 is 38.8 Å².